The van der Waals surface area contributed by atoms with E-state index >= 15 is 0 Å². The van der Waals surface area contributed by atoms with E-state index in [1.165, 1.54) is 94.9 Å². The molecular weight excluding hydrogens is 1560 g/mol. The number of benzene rings is 3. The quantitative estimate of drug-likeness (QED) is 0.00787. The van der Waals surface area contributed by atoms with Crippen LogP contribution < -0.4 is 169 Å². The Morgan fingerprint density at radius 2 is 1.06 bits per heavy atom. The molecule has 6 amide bonds. The molecule has 37 heteroatoms. The van der Waals surface area contributed by atoms with Crippen LogP contribution in [0.15, 0.2) is 91.5 Å². The van der Waals surface area contributed by atoms with E-state index in [4.69, 9.17) is 62.4 Å². The number of aromatic carboxylic acids is 1. The van der Waals surface area contributed by atoms with Crippen molar-refractivity contribution in [2.45, 2.75) is 84.5 Å². The van der Waals surface area contributed by atoms with Crippen LogP contribution in [-0.4, -0.2) is 164 Å². The van der Waals surface area contributed by atoms with Crippen LogP contribution in [0.2, 0.25) is 5.15 Å². The van der Waals surface area contributed by atoms with E-state index in [-0.39, 0.29) is 262 Å². The van der Waals surface area contributed by atoms with Crippen LogP contribution in [0.5, 0.6) is 23.1 Å². The molecule has 3 aromatic carbocycles. The van der Waals surface area contributed by atoms with E-state index in [9.17, 15) is 61.7 Å². The molecule has 7 heterocycles. The van der Waals surface area contributed by atoms with Crippen molar-refractivity contribution in [3.8, 4) is 23.1 Å². The first-order chi connectivity index (χ1) is 44.8. The molecule has 10 rings (SSSR count). The minimum absolute atomic E-state index is 0. The van der Waals surface area contributed by atoms with Gasteiger partial charge in [0.05, 0.1) is 44.3 Å². The smallest absolute Gasteiger partial charge is 1.00 e. The molecule has 0 saturated carbocycles. The zero-order chi connectivity index (χ0) is 69.8. The number of imide groups is 3. The van der Waals surface area contributed by atoms with Gasteiger partial charge in [0.15, 0.2) is 11.3 Å². The van der Waals surface area contributed by atoms with Gasteiger partial charge in [0.2, 0.25) is 41.3 Å². The third kappa shape index (κ3) is 26.5. The summed E-state index contributed by atoms with van der Waals surface area (Å²) in [7, 11) is 0. The number of esters is 1. The summed E-state index contributed by atoms with van der Waals surface area (Å²) in [5.41, 5.74) is 1.69. The molecule has 8 N–H and O–H groups in total. The molecule has 4 aromatic heterocycles. The van der Waals surface area contributed by atoms with Gasteiger partial charge in [0.25, 0.3) is 6.47 Å². The molecule has 30 nitrogen and oxygen atoms in total. The number of aliphatic hydroxyl groups is 2. The van der Waals surface area contributed by atoms with E-state index < -0.39 is 47.7 Å². The largest absolute Gasteiger partial charge is 1.00 e. The molecule has 3 atom stereocenters. The maximum atomic E-state index is 13.9. The molecule has 0 spiro atoms. The number of ether oxygens (including phenoxy) is 4. The van der Waals surface area contributed by atoms with Crippen LogP contribution in [0.3, 0.4) is 0 Å². The molecule has 0 radical (unpaired) electrons. The van der Waals surface area contributed by atoms with E-state index in [0.717, 1.165) is 21.9 Å². The number of amides is 6. The van der Waals surface area contributed by atoms with Gasteiger partial charge in [-0.1, -0.05) is 11.6 Å². The number of nitrogens with two attached hydrogens (primary N) is 2. The number of hydrogen-bond acceptors (Lipinski definition) is 24. The van der Waals surface area contributed by atoms with Crippen molar-refractivity contribution in [3.63, 3.8) is 0 Å². The summed E-state index contributed by atoms with van der Waals surface area (Å²) in [5.74, 6) is 4.95. The number of nitrogens with zero attached hydrogens (tertiary/aromatic N) is 9. The number of carboxylic acid groups (broad SMARTS) is 1. The number of phenols is 1. The molecule has 3 fully saturated rings. The average Bonchev–Trinajstić information content (AvgIpc) is 1.75. The summed E-state index contributed by atoms with van der Waals surface area (Å²) in [6, 6.07) is 14.3. The van der Waals surface area contributed by atoms with Crippen molar-refractivity contribution >= 4 is 88.4 Å². The topological polar surface area (TPSA) is 426 Å². The fourth-order valence-electron chi connectivity index (χ4n) is 8.51. The summed E-state index contributed by atoms with van der Waals surface area (Å²) in [5, 5.41) is 53.5. The monoisotopic (exact) mass is 1630 g/mol. The van der Waals surface area contributed by atoms with Gasteiger partial charge < -0.3 is 50.9 Å². The third-order valence-electron chi connectivity index (χ3n) is 12.9. The number of aromatic hydroxyl groups is 1. The predicted molar refractivity (Wildman–Crippen MR) is 321 cm³/mol. The predicted octanol–water partition coefficient (Wildman–Crippen LogP) is -1.47. The van der Waals surface area contributed by atoms with E-state index in [1.54, 1.807) is 26.1 Å². The fraction of sp³-hybridized carbons (Fsp3) is 0.339. The Bertz CT molecular complexity index is 3740. The molecule has 7 aromatic rings. The maximum Gasteiger partial charge on any atom is 1.00 e. The number of carboxylic acids is 1. The first-order valence-electron chi connectivity index (χ1n) is 28.0. The molecule has 96 heavy (non-hydrogen) atoms. The van der Waals surface area contributed by atoms with Gasteiger partial charge in [0.1, 0.15) is 70.3 Å². The number of aliphatic hydroxyl groups excluding tert-OH is 2. The van der Waals surface area contributed by atoms with Crippen LogP contribution in [0.4, 0.5) is 13.2 Å². The summed E-state index contributed by atoms with van der Waals surface area (Å²) in [6.07, 6.45) is 4.92. The number of fused-ring (bicyclic) bond motifs is 2. The van der Waals surface area contributed by atoms with Crippen molar-refractivity contribution in [1.29, 1.82) is 0 Å². The molecule has 0 bridgehead atoms. The van der Waals surface area contributed by atoms with Gasteiger partial charge in [-0.25, -0.2) is 36.8 Å². The fourth-order valence-corrected chi connectivity index (χ4v) is 8.82. The molecule has 1 unspecified atom stereocenters. The van der Waals surface area contributed by atoms with Gasteiger partial charge in [-0.15, -0.1) is 11.6 Å². The first kappa shape index (κ1) is 86.3. The SMILES string of the molecule is CC(Oc1ccn2ncc(C(=O)O)c2n1)c1cc(F)ccc1OCCN1C(=O)CCC1=O.CCOC(=O)c1cnn2ccc(Cl)nc12.C[C@@H](O)c1cc(F)ccc1O.C[C@@H](O)c1cc(F)ccc1OCCN1C(=O)CCC1=O.NN.O=C1CCC(=O)N1CCCl.O=CO[O-].[Cs+].[Cs+].[H-]. The Balaban J connectivity index is 0.000000627. The molecule has 3 saturated heterocycles. The normalized spacial score (nSPS) is 13.8. The Morgan fingerprint density at radius 1 is 0.656 bits per heavy atom. The number of hydrogen-bond donors (Lipinski definition) is 6. The standard InChI is InChI=1S/C21H19FN4O6.C14H16FNO4.C9H8ClN3O2.C8H9FO2.C6H8ClNO2.CH2O3.2Cs.H4N2.H/c1-12(32-17-6-7-26-20(24-17)15(11-23-26)21(29)30)14-10-13(22)2-3-16(14)31-9-8-25-18(27)4-5-19(25)28;1-9(17)11-8-10(15)2-3-12(11)20-7-6-16-13(18)4-5-14(16)19;1-2-15-9(14)6-5-11-13-4-3-7(10)12-8(6)13;1-5(10)7-4-6(9)2-3-8(7)11;7-3-4-8-5(9)1-2-6(8)10;2-1-4-3;;;1-2;/h2-3,6-7,10-12H,4-5,8-9H2,1H3,(H,29,30);2-3,8-9,17H,4-7H2,1H3;3-5H,2H2,1H3;2-5,10-11H,1H3;1-4H2;1,3H;;;1-2H2;/q;;;;;;2*+1;;-1/p-1/t;9-;;5-;;;;;;/m.1.1....../s1. The van der Waals surface area contributed by atoms with Gasteiger partial charge in [-0.3, -0.25) is 59.9 Å². The number of alkyl halides is 1. The number of halogens is 5. The molecular formula is C59H66Cl2Cs2F3N11O19. The van der Waals surface area contributed by atoms with E-state index in [1.807, 2.05) is 0 Å². The second kappa shape index (κ2) is 44.3. The number of rotatable bonds is 19. The second-order valence-corrected chi connectivity index (χ2v) is 20.0. The van der Waals surface area contributed by atoms with Gasteiger partial charge in [-0.2, -0.15) is 15.2 Å². The number of hydrazine groups is 1. The summed E-state index contributed by atoms with van der Waals surface area (Å²) >= 11 is 11.1. The van der Waals surface area contributed by atoms with Crippen LogP contribution in [0.25, 0.3) is 11.3 Å². The summed E-state index contributed by atoms with van der Waals surface area (Å²) in [4.78, 5) is 114. The number of likely N-dealkylation sites (tertiary alicyclic amines) is 3. The van der Waals surface area contributed by atoms with E-state index in [2.05, 4.69) is 36.7 Å². The van der Waals surface area contributed by atoms with Crippen LogP contribution in [0, 0.1) is 17.5 Å². The minimum Gasteiger partial charge on any atom is -1.00 e. The van der Waals surface area contributed by atoms with E-state index in [0.29, 0.717) is 70.9 Å². The minimum atomic E-state index is -1.17. The van der Waals surface area contributed by atoms with Crippen molar-refractivity contribution < 1.29 is 245 Å². The van der Waals surface area contributed by atoms with Crippen molar-refractivity contribution in [1.82, 2.24) is 43.9 Å². The molecule has 0 aliphatic carbocycles. The van der Waals surface area contributed by atoms with Crippen molar-refractivity contribution in [2.24, 2.45) is 11.7 Å². The molecule has 3 aliphatic heterocycles. The Labute approximate surface area is 674 Å². The Hall–Kier alpha value is -5.80. The molecule has 3 aliphatic rings. The van der Waals surface area contributed by atoms with Gasteiger partial charge in [-0.05, 0) is 88.4 Å². The zero-order valence-corrected chi connectivity index (χ0v) is 66.7. The second-order valence-electron chi connectivity index (χ2n) is 19.3. The van der Waals surface area contributed by atoms with Crippen molar-refractivity contribution in [2.75, 3.05) is 45.3 Å². The summed E-state index contributed by atoms with van der Waals surface area (Å²) < 4.78 is 64.1. The van der Waals surface area contributed by atoms with Crippen molar-refractivity contribution in [3.05, 3.63) is 142 Å². The molecule has 508 valence electrons. The average molecular weight is 1630 g/mol. The first-order valence-corrected chi connectivity index (χ1v) is 28.9. The van der Waals surface area contributed by atoms with Crippen LogP contribution in [0.1, 0.15) is 123 Å². The maximum absolute atomic E-state index is 13.9. The van der Waals surface area contributed by atoms with Crippen LogP contribution >= 0.6 is 23.2 Å². The van der Waals surface area contributed by atoms with Gasteiger partial charge in [0, 0.05) is 86.1 Å². The third-order valence-corrected chi connectivity index (χ3v) is 13.3. The Kier molecular flexibility index (Phi) is 39.8. The number of aromatic nitrogens is 6. The Morgan fingerprint density at radius 3 is 1.49 bits per heavy atom. The van der Waals surface area contributed by atoms with Gasteiger partial charge >= 0.3 is 150 Å². The number of phenolic OH excluding ortho intramolecular Hbond substituents is 1. The number of carbonyl (C=O) groups excluding carboxylic acids is 8. The van der Waals surface area contributed by atoms with Crippen LogP contribution in [-0.2, 0) is 43.2 Å². The zero-order valence-electron chi connectivity index (χ0n) is 53.6. The summed E-state index contributed by atoms with van der Waals surface area (Å²) in [6.45, 7) is 7.29. The number of carbonyl (C=O) groups is 9.